The summed E-state index contributed by atoms with van der Waals surface area (Å²) in [6.45, 7) is 3.99. The average Bonchev–Trinajstić information content (AvgIpc) is 2.16. The molecular weight excluding hydrogens is 202 g/mol. The van der Waals surface area contributed by atoms with Crippen molar-refractivity contribution in [1.82, 2.24) is 5.32 Å². The molecule has 0 rings (SSSR count). The highest BCUT2D eigenvalue weighted by Gasteiger charge is 2.26. The van der Waals surface area contributed by atoms with E-state index in [0.717, 1.165) is 6.42 Å². The maximum Gasteiger partial charge on any atom is 0.156 e. The summed E-state index contributed by atoms with van der Waals surface area (Å²) in [4.78, 5) is 0. The molecule has 0 heterocycles. The van der Waals surface area contributed by atoms with Gasteiger partial charge in [-0.3, -0.25) is 0 Å². The van der Waals surface area contributed by atoms with Gasteiger partial charge in [0.25, 0.3) is 0 Å². The third kappa shape index (κ3) is 3.94. The number of ether oxygens (including phenoxy) is 1. The number of nitrogens with one attached hydrogen (secondary N) is 1. The highest BCUT2D eigenvalue weighted by Crippen LogP contribution is 2.09. The molecule has 0 spiro atoms. The molecule has 0 radical (unpaired) electrons. The minimum atomic E-state index is -3.03. The van der Waals surface area contributed by atoms with E-state index in [9.17, 15) is 8.42 Å². The van der Waals surface area contributed by atoms with Crippen LogP contribution in [-0.4, -0.2) is 46.2 Å². The van der Waals surface area contributed by atoms with E-state index in [-0.39, 0.29) is 23.7 Å². The fourth-order valence-corrected chi connectivity index (χ4v) is 3.01. The van der Waals surface area contributed by atoms with E-state index in [1.54, 1.807) is 14.0 Å². The van der Waals surface area contributed by atoms with Crippen LogP contribution in [0, 0.1) is 0 Å². The van der Waals surface area contributed by atoms with Crippen molar-refractivity contribution in [1.29, 1.82) is 0 Å². The van der Waals surface area contributed by atoms with Crippen molar-refractivity contribution in [3.63, 3.8) is 0 Å². The molecule has 0 aliphatic carbocycles. The van der Waals surface area contributed by atoms with Crippen molar-refractivity contribution in [2.24, 2.45) is 0 Å². The second-order valence-electron chi connectivity index (χ2n) is 3.37. The molecule has 0 saturated carbocycles. The molecule has 0 amide bonds. The Labute approximate surface area is 86.9 Å². The molecule has 0 aromatic rings. The van der Waals surface area contributed by atoms with Gasteiger partial charge in [-0.15, -0.1) is 0 Å². The largest absolute Gasteiger partial charge is 0.384 e. The Morgan fingerprint density at radius 3 is 2.36 bits per heavy atom. The molecular formula is C9H21NO3S. The van der Waals surface area contributed by atoms with E-state index in [0.29, 0.717) is 0 Å². The minimum absolute atomic E-state index is 0.0249. The summed E-state index contributed by atoms with van der Waals surface area (Å²) in [5.41, 5.74) is 0. The van der Waals surface area contributed by atoms with Gasteiger partial charge in [-0.25, -0.2) is 8.42 Å². The van der Waals surface area contributed by atoms with Crippen LogP contribution in [0.25, 0.3) is 0 Å². The van der Waals surface area contributed by atoms with Crippen LogP contribution in [0.1, 0.15) is 20.3 Å². The van der Waals surface area contributed by atoms with Crippen LogP contribution in [-0.2, 0) is 14.6 Å². The maximum absolute atomic E-state index is 11.7. The molecule has 0 saturated heterocycles. The number of rotatable bonds is 7. The molecule has 1 N–H and O–H groups in total. The zero-order valence-corrected chi connectivity index (χ0v) is 10.2. The van der Waals surface area contributed by atoms with Gasteiger partial charge >= 0.3 is 0 Å². The number of methoxy groups -OCH3 is 1. The molecule has 0 aliphatic heterocycles. The van der Waals surface area contributed by atoms with Crippen molar-refractivity contribution < 1.29 is 13.2 Å². The van der Waals surface area contributed by atoms with Gasteiger partial charge in [0.05, 0.1) is 17.6 Å². The Morgan fingerprint density at radius 1 is 1.43 bits per heavy atom. The lowest BCUT2D eigenvalue weighted by Gasteiger charge is -2.22. The summed E-state index contributed by atoms with van der Waals surface area (Å²) in [5.74, 6) is 0.100. The molecule has 0 aromatic heterocycles. The van der Waals surface area contributed by atoms with Crippen molar-refractivity contribution >= 4 is 9.84 Å². The van der Waals surface area contributed by atoms with Gasteiger partial charge in [0.1, 0.15) is 0 Å². The van der Waals surface area contributed by atoms with E-state index in [1.807, 2.05) is 6.92 Å². The van der Waals surface area contributed by atoms with Crippen molar-refractivity contribution in [2.75, 3.05) is 26.5 Å². The summed E-state index contributed by atoms with van der Waals surface area (Å²) in [5, 5.41) is 2.66. The number of hydrogen-bond donors (Lipinski definition) is 1. The maximum atomic E-state index is 11.7. The molecule has 4 nitrogen and oxygen atoms in total. The normalized spacial score (nSPS) is 16.6. The van der Waals surface area contributed by atoms with Crippen molar-refractivity contribution in [2.45, 2.75) is 31.6 Å². The fraction of sp³-hybridized carbons (Fsp3) is 1.00. The van der Waals surface area contributed by atoms with E-state index in [1.165, 1.54) is 7.11 Å². The second kappa shape index (κ2) is 6.37. The topological polar surface area (TPSA) is 55.4 Å². The van der Waals surface area contributed by atoms with Gasteiger partial charge in [-0.05, 0) is 20.4 Å². The second-order valence-corrected chi connectivity index (χ2v) is 5.85. The van der Waals surface area contributed by atoms with Crippen molar-refractivity contribution in [3.8, 4) is 0 Å². The van der Waals surface area contributed by atoms with Gasteiger partial charge in [0.2, 0.25) is 0 Å². The standard InChI is InChI=1S/C9H21NO3S/c1-5-9(10-3)8(2)14(11,12)7-6-13-4/h8-10H,5-7H2,1-4H3. The van der Waals surface area contributed by atoms with Crippen molar-refractivity contribution in [3.05, 3.63) is 0 Å². The zero-order valence-electron chi connectivity index (χ0n) is 9.41. The lowest BCUT2D eigenvalue weighted by Crippen LogP contribution is -2.41. The molecule has 14 heavy (non-hydrogen) atoms. The smallest absolute Gasteiger partial charge is 0.156 e. The van der Waals surface area contributed by atoms with E-state index in [4.69, 9.17) is 4.74 Å². The Hall–Kier alpha value is -0.130. The van der Waals surface area contributed by atoms with Crippen LogP contribution in [0.3, 0.4) is 0 Å². The van der Waals surface area contributed by atoms with Crippen LogP contribution in [0.15, 0.2) is 0 Å². The lowest BCUT2D eigenvalue weighted by molar-refractivity contribution is 0.216. The summed E-state index contributed by atoms with van der Waals surface area (Å²) in [6.07, 6.45) is 0.809. The predicted molar refractivity (Wildman–Crippen MR) is 58.3 cm³/mol. The molecule has 0 aliphatic rings. The van der Waals surface area contributed by atoms with Gasteiger partial charge in [0, 0.05) is 13.2 Å². The fourth-order valence-electron chi connectivity index (χ4n) is 1.41. The third-order valence-electron chi connectivity index (χ3n) is 2.52. The Kier molecular flexibility index (Phi) is 6.31. The number of sulfone groups is 1. The highest BCUT2D eigenvalue weighted by atomic mass is 32.2. The first-order chi connectivity index (χ1) is 6.49. The average molecular weight is 223 g/mol. The molecule has 0 aromatic carbocycles. The highest BCUT2D eigenvalue weighted by molar-refractivity contribution is 7.92. The molecule has 2 unspecified atom stereocenters. The minimum Gasteiger partial charge on any atom is -0.384 e. The number of hydrogen-bond acceptors (Lipinski definition) is 4. The van der Waals surface area contributed by atoms with E-state index in [2.05, 4.69) is 5.32 Å². The summed E-state index contributed by atoms with van der Waals surface area (Å²) < 4.78 is 28.2. The molecule has 2 atom stereocenters. The van der Waals surface area contributed by atoms with Crippen LogP contribution in [0.2, 0.25) is 0 Å². The van der Waals surface area contributed by atoms with Gasteiger partial charge in [-0.2, -0.15) is 0 Å². The Bertz CT molecular complexity index is 234. The van der Waals surface area contributed by atoms with E-state index >= 15 is 0 Å². The Balaban J connectivity index is 4.40. The zero-order chi connectivity index (χ0) is 11.2. The lowest BCUT2D eigenvalue weighted by atomic mass is 10.2. The van der Waals surface area contributed by atoms with Gasteiger partial charge < -0.3 is 10.1 Å². The molecule has 0 fully saturated rings. The first kappa shape index (κ1) is 13.9. The summed E-state index contributed by atoms with van der Waals surface area (Å²) in [6, 6.07) is 0.0249. The monoisotopic (exact) mass is 223 g/mol. The molecule has 86 valence electrons. The van der Waals surface area contributed by atoms with Crippen LogP contribution < -0.4 is 5.32 Å². The summed E-state index contributed by atoms with van der Waals surface area (Å²) >= 11 is 0. The quantitative estimate of drug-likeness (QED) is 0.680. The Morgan fingerprint density at radius 2 is 2.00 bits per heavy atom. The SMILES string of the molecule is CCC(NC)C(C)S(=O)(=O)CCOC. The molecule has 5 heteroatoms. The third-order valence-corrected chi connectivity index (χ3v) is 4.71. The van der Waals surface area contributed by atoms with Gasteiger partial charge in [0.15, 0.2) is 9.84 Å². The van der Waals surface area contributed by atoms with Crippen LogP contribution in [0.5, 0.6) is 0 Å². The van der Waals surface area contributed by atoms with Crippen LogP contribution >= 0.6 is 0 Å². The summed E-state index contributed by atoms with van der Waals surface area (Å²) in [7, 11) is 0.264. The first-order valence-corrected chi connectivity index (χ1v) is 6.58. The van der Waals surface area contributed by atoms with Gasteiger partial charge in [-0.1, -0.05) is 6.92 Å². The van der Waals surface area contributed by atoms with Crippen LogP contribution in [0.4, 0.5) is 0 Å². The van der Waals surface area contributed by atoms with E-state index < -0.39 is 9.84 Å². The first-order valence-electron chi connectivity index (χ1n) is 4.87. The molecule has 0 bridgehead atoms. The predicted octanol–water partition coefficient (Wildman–Crippen LogP) is 0.434.